The standard InChI is InChI=1S/C16H19NO3/c1-11-8-14(11)16(19)20-10-15(18)17-7-6-12-4-2-3-5-13(12)9-17/h2-5,11,14H,6-10H2,1H3/t11-,14+/m0/s1. The van der Waals surface area contributed by atoms with E-state index in [1.165, 1.54) is 11.1 Å². The van der Waals surface area contributed by atoms with E-state index < -0.39 is 0 Å². The van der Waals surface area contributed by atoms with Gasteiger partial charge in [-0.25, -0.2) is 0 Å². The highest BCUT2D eigenvalue weighted by Crippen LogP contribution is 2.38. The van der Waals surface area contributed by atoms with Crippen LogP contribution in [0.2, 0.25) is 0 Å². The van der Waals surface area contributed by atoms with Crippen LogP contribution >= 0.6 is 0 Å². The number of fused-ring (bicyclic) bond motifs is 1. The third-order valence-electron chi connectivity index (χ3n) is 4.23. The van der Waals surface area contributed by atoms with E-state index in [1.807, 2.05) is 25.1 Å². The van der Waals surface area contributed by atoms with E-state index in [1.54, 1.807) is 4.90 Å². The number of hydrogen-bond acceptors (Lipinski definition) is 3. The molecule has 0 N–H and O–H groups in total. The summed E-state index contributed by atoms with van der Waals surface area (Å²) in [5.41, 5.74) is 2.49. The van der Waals surface area contributed by atoms with Crippen molar-refractivity contribution in [3.63, 3.8) is 0 Å². The summed E-state index contributed by atoms with van der Waals surface area (Å²) in [4.78, 5) is 25.5. The maximum Gasteiger partial charge on any atom is 0.309 e. The van der Waals surface area contributed by atoms with Gasteiger partial charge in [-0.1, -0.05) is 31.2 Å². The van der Waals surface area contributed by atoms with Gasteiger partial charge < -0.3 is 9.64 Å². The fraction of sp³-hybridized carbons (Fsp3) is 0.500. The van der Waals surface area contributed by atoms with Crippen molar-refractivity contribution >= 4 is 11.9 Å². The predicted octanol–water partition coefficient (Wildman–Crippen LogP) is 1.77. The zero-order chi connectivity index (χ0) is 14.1. The first-order chi connectivity index (χ1) is 9.65. The lowest BCUT2D eigenvalue weighted by Gasteiger charge is -2.28. The van der Waals surface area contributed by atoms with Crippen LogP contribution in [0.3, 0.4) is 0 Å². The van der Waals surface area contributed by atoms with Crippen molar-refractivity contribution in [2.45, 2.75) is 26.3 Å². The van der Waals surface area contributed by atoms with Crippen LogP contribution in [0.15, 0.2) is 24.3 Å². The molecule has 4 nitrogen and oxygen atoms in total. The molecular formula is C16H19NO3. The van der Waals surface area contributed by atoms with Gasteiger partial charge in [-0.15, -0.1) is 0 Å². The van der Waals surface area contributed by atoms with Crippen LogP contribution in [0.1, 0.15) is 24.5 Å². The van der Waals surface area contributed by atoms with Gasteiger partial charge in [-0.3, -0.25) is 9.59 Å². The van der Waals surface area contributed by atoms with Crippen LogP contribution in [0, 0.1) is 11.8 Å². The molecule has 1 aliphatic carbocycles. The highest BCUT2D eigenvalue weighted by molar-refractivity contribution is 5.82. The van der Waals surface area contributed by atoms with Crippen molar-refractivity contribution in [2.75, 3.05) is 13.2 Å². The van der Waals surface area contributed by atoms with Gasteiger partial charge in [0.2, 0.25) is 0 Å². The second-order valence-electron chi connectivity index (χ2n) is 5.76. The third kappa shape index (κ3) is 2.69. The molecule has 0 unspecified atom stereocenters. The minimum absolute atomic E-state index is 0.0184. The predicted molar refractivity (Wildman–Crippen MR) is 73.8 cm³/mol. The first-order valence-electron chi connectivity index (χ1n) is 7.16. The average molecular weight is 273 g/mol. The molecular weight excluding hydrogens is 254 g/mol. The summed E-state index contributed by atoms with van der Waals surface area (Å²) in [6, 6.07) is 8.16. The lowest BCUT2D eigenvalue weighted by molar-refractivity contribution is -0.153. The van der Waals surface area contributed by atoms with E-state index in [2.05, 4.69) is 6.07 Å². The molecule has 2 atom stereocenters. The Bertz CT molecular complexity index is 540. The van der Waals surface area contributed by atoms with Gasteiger partial charge >= 0.3 is 5.97 Å². The van der Waals surface area contributed by atoms with Crippen molar-refractivity contribution < 1.29 is 14.3 Å². The van der Waals surface area contributed by atoms with E-state index in [0.717, 1.165) is 12.8 Å². The Balaban J connectivity index is 1.52. The largest absolute Gasteiger partial charge is 0.455 e. The molecule has 1 aromatic rings. The monoisotopic (exact) mass is 273 g/mol. The minimum atomic E-state index is -0.219. The normalized spacial score (nSPS) is 23.9. The minimum Gasteiger partial charge on any atom is -0.455 e. The summed E-state index contributed by atoms with van der Waals surface area (Å²) < 4.78 is 5.11. The fourth-order valence-corrected chi connectivity index (χ4v) is 2.69. The third-order valence-corrected chi connectivity index (χ3v) is 4.23. The summed E-state index contributed by atoms with van der Waals surface area (Å²) in [5, 5.41) is 0. The number of esters is 1. The Morgan fingerprint density at radius 2 is 2.00 bits per heavy atom. The Morgan fingerprint density at radius 3 is 2.70 bits per heavy atom. The molecule has 0 bridgehead atoms. The molecule has 0 spiro atoms. The number of hydrogen-bond donors (Lipinski definition) is 0. The number of carbonyl (C=O) groups excluding carboxylic acids is 2. The number of nitrogens with zero attached hydrogens (tertiary/aromatic N) is 1. The Hall–Kier alpha value is -1.84. The molecule has 1 amide bonds. The molecule has 20 heavy (non-hydrogen) atoms. The number of ether oxygens (including phenoxy) is 1. The fourth-order valence-electron chi connectivity index (χ4n) is 2.69. The summed E-state index contributed by atoms with van der Waals surface area (Å²) >= 11 is 0. The van der Waals surface area contributed by atoms with Crippen LogP contribution in [0.4, 0.5) is 0 Å². The zero-order valence-electron chi connectivity index (χ0n) is 11.7. The van der Waals surface area contributed by atoms with Crippen LogP contribution in [-0.4, -0.2) is 29.9 Å². The number of amides is 1. The molecule has 2 aliphatic rings. The Kier molecular flexibility index (Phi) is 3.47. The van der Waals surface area contributed by atoms with Gasteiger partial charge in [0.25, 0.3) is 5.91 Å². The van der Waals surface area contributed by atoms with Crippen LogP contribution in [-0.2, 0) is 27.3 Å². The zero-order valence-corrected chi connectivity index (χ0v) is 11.7. The molecule has 1 aliphatic heterocycles. The molecule has 3 rings (SSSR count). The average Bonchev–Trinajstić information content (AvgIpc) is 3.21. The maximum atomic E-state index is 12.1. The highest BCUT2D eigenvalue weighted by Gasteiger charge is 2.40. The molecule has 1 aromatic carbocycles. The first-order valence-corrected chi connectivity index (χ1v) is 7.16. The van der Waals surface area contributed by atoms with Gasteiger partial charge in [0, 0.05) is 13.1 Å². The van der Waals surface area contributed by atoms with Gasteiger partial charge in [0.1, 0.15) is 0 Å². The topological polar surface area (TPSA) is 46.6 Å². The van der Waals surface area contributed by atoms with Crippen molar-refractivity contribution in [1.29, 1.82) is 0 Å². The first kappa shape index (κ1) is 13.2. The lowest BCUT2D eigenvalue weighted by Crippen LogP contribution is -2.38. The molecule has 0 saturated heterocycles. The van der Waals surface area contributed by atoms with Gasteiger partial charge in [-0.05, 0) is 29.9 Å². The number of rotatable bonds is 3. The van der Waals surface area contributed by atoms with E-state index >= 15 is 0 Å². The lowest BCUT2D eigenvalue weighted by atomic mass is 10.00. The Labute approximate surface area is 118 Å². The second-order valence-corrected chi connectivity index (χ2v) is 5.76. The van der Waals surface area contributed by atoms with Gasteiger partial charge in [0.05, 0.1) is 5.92 Å². The summed E-state index contributed by atoms with van der Waals surface area (Å²) in [5.74, 6) is 0.119. The number of carbonyl (C=O) groups is 2. The van der Waals surface area contributed by atoms with Crippen LogP contribution in [0.5, 0.6) is 0 Å². The molecule has 1 saturated carbocycles. The second kappa shape index (κ2) is 5.27. The summed E-state index contributed by atoms with van der Waals surface area (Å²) in [6.45, 7) is 3.22. The maximum absolute atomic E-state index is 12.1. The quantitative estimate of drug-likeness (QED) is 0.789. The smallest absolute Gasteiger partial charge is 0.309 e. The summed E-state index contributed by atoms with van der Waals surface area (Å²) in [6.07, 6.45) is 1.76. The Morgan fingerprint density at radius 1 is 1.30 bits per heavy atom. The van der Waals surface area contributed by atoms with E-state index in [-0.39, 0.29) is 24.4 Å². The molecule has 0 radical (unpaired) electrons. The van der Waals surface area contributed by atoms with Crippen LogP contribution < -0.4 is 0 Å². The molecule has 4 heteroatoms. The molecule has 106 valence electrons. The van der Waals surface area contributed by atoms with Crippen molar-refractivity contribution in [3.8, 4) is 0 Å². The van der Waals surface area contributed by atoms with E-state index in [4.69, 9.17) is 4.74 Å². The number of benzene rings is 1. The highest BCUT2D eigenvalue weighted by atomic mass is 16.5. The molecule has 0 aromatic heterocycles. The SMILES string of the molecule is C[C@H]1C[C@H]1C(=O)OCC(=O)N1CCc2ccccc2C1. The van der Waals surface area contributed by atoms with E-state index in [0.29, 0.717) is 19.0 Å². The van der Waals surface area contributed by atoms with E-state index in [9.17, 15) is 9.59 Å². The van der Waals surface area contributed by atoms with Gasteiger partial charge in [0.15, 0.2) is 6.61 Å². The van der Waals surface area contributed by atoms with Crippen LogP contribution in [0.25, 0.3) is 0 Å². The van der Waals surface area contributed by atoms with Crippen molar-refractivity contribution in [1.82, 2.24) is 4.90 Å². The molecule has 1 heterocycles. The van der Waals surface area contributed by atoms with Gasteiger partial charge in [-0.2, -0.15) is 0 Å². The van der Waals surface area contributed by atoms with Crippen molar-refractivity contribution in [3.05, 3.63) is 35.4 Å². The van der Waals surface area contributed by atoms with Crippen molar-refractivity contribution in [2.24, 2.45) is 11.8 Å². The molecule has 1 fully saturated rings. The summed E-state index contributed by atoms with van der Waals surface area (Å²) in [7, 11) is 0.